The van der Waals surface area contributed by atoms with Gasteiger partial charge in [-0.3, -0.25) is 0 Å². The van der Waals surface area contributed by atoms with E-state index in [0.29, 0.717) is 6.61 Å². The molecule has 0 bridgehead atoms. The molecule has 0 aromatic heterocycles. The van der Waals surface area contributed by atoms with E-state index in [1.54, 1.807) is 6.20 Å². The van der Waals surface area contributed by atoms with Gasteiger partial charge in [0.25, 0.3) is 0 Å². The van der Waals surface area contributed by atoms with Gasteiger partial charge in [0.2, 0.25) is 0 Å². The Morgan fingerprint density at radius 3 is 2.83 bits per heavy atom. The van der Waals surface area contributed by atoms with Crippen molar-refractivity contribution in [1.82, 2.24) is 0 Å². The number of hydrogen-bond donors (Lipinski definition) is 2. The summed E-state index contributed by atoms with van der Waals surface area (Å²) in [6.07, 6.45) is 4.21. The van der Waals surface area contributed by atoms with E-state index in [4.69, 9.17) is 10.6 Å². The summed E-state index contributed by atoms with van der Waals surface area (Å²) >= 11 is 0. The zero-order valence-electron chi connectivity index (χ0n) is 7.19. The Hall–Kier alpha value is -0.440. The first-order valence-corrected chi connectivity index (χ1v) is 4.96. The van der Waals surface area contributed by atoms with Gasteiger partial charge in [0.15, 0.2) is 0 Å². The molecule has 0 fully saturated rings. The molecule has 0 amide bonds. The van der Waals surface area contributed by atoms with E-state index in [0.717, 1.165) is 24.8 Å². The van der Waals surface area contributed by atoms with Crippen molar-refractivity contribution in [2.75, 3.05) is 6.61 Å². The Morgan fingerprint density at radius 1 is 1.67 bits per heavy atom. The molecule has 1 atom stereocenters. The van der Waals surface area contributed by atoms with Crippen molar-refractivity contribution in [3.63, 3.8) is 0 Å². The Bertz CT molecular complexity index is 170. The highest BCUT2D eigenvalue weighted by Crippen LogP contribution is 2.15. The molecule has 0 aromatic rings. The number of rotatable bonds is 6. The fourth-order valence-corrected chi connectivity index (χ4v) is 1.02. The number of hydrogen-bond acceptors (Lipinski definition) is 3. The minimum atomic E-state index is -2.43. The summed E-state index contributed by atoms with van der Waals surface area (Å²) in [5.74, 6) is 0. The normalized spacial score (nSPS) is 13.2. The van der Waals surface area contributed by atoms with Crippen LogP contribution >= 0.6 is 8.25 Å². The summed E-state index contributed by atoms with van der Waals surface area (Å²) in [7, 11) is -2.43. The van der Waals surface area contributed by atoms with Gasteiger partial charge in [-0.05, 0) is 32.4 Å². The SMILES string of the molecule is C/C(=C\N)CCCCO[P+](=O)O. The summed E-state index contributed by atoms with van der Waals surface area (Å²) in [4.78, 5) is 8.26. The highest BCUT2D eigenvalue weighted by molar-refractivity contribution is 7.32. The highest BCUT2D eigenvalue weighted by atomic mass is 31.1. The van der Waals surface area contributed by atoms with Crippen molar-refractivity contribution in [3.05, 3.63) is 11.8 Å². The molecule has 0 saturated heterocycles. The molecule has 5 heteroatoms. The van der Waals surface area contributed by atoms with Gasteiger partial charge in [-0.25, -0.2) is 0 Å². The third kappa shape index (κ3) is 7.66. The number of unbranched alkanes of at least 4 members (excludes halogenated alkanes) is 1. The Labute approximate surface area is 73.4 Å². The molecular weight excluding hydrogens is 177 g/mol. The smallest absolute Gasteiger partial charge is 0.405 e. The highest BCUT2D eigenvalue weighted by Gasteiger charge is 2.09. The van der Waals surface area contributed by atoms with E-state index in [2.05, 4.69) is 4.52 Å². The first kappa shape index (κ1) is 11.6. The fraction of sp³-hybridized carbons (Fsp3) is 0.714. The predicted octanol–water partition coefficient (Wildman–Crippen LogP) is 1.69. The van der Waals surface area contributed by atoms with Gasteiger partial charge < -0.3 is 5.73 Å². The van der Waals surface area contributed by atoms with Crippen LogP contribution in [0.5, 0.6) is 0 Å². The summed E-state index contributed by atoms with van der Waals surface area (Å²) in [6, 6.07) is 0. The predicted molar refractivity (Wildman–Crippen MR) is 47.6 cm³/mol. The molecule has 0 aliphatic heterocycles. The second kappa shape index (κ2) is 7.22. The van der Waals surface area contributed by atoms with Gasteiger partial charge in [0.1, 0.15) is 6.61 Å². The zero-order chi connectivity index (χ0) is 9.40. The summed E-state index contributed by atoms with van der Waals surface area (Å²) in [5.41, 5.74) is 6.38. The molecule has 4 nitrogen and oxygen atoms in total. The quantitative estimate of drug-likeness (QED) is 0.496. The standard InChI is InChI=1S/C7H14NO3P/c1-7(6-8)4-2-3-5-11-12(9)10/h6H,2-5,8H2,1H3/p+1/b7-6+. The molecule has 0 rings (SSSR count). The monoisotopic (exact) mass is 192 g/mol. The van der Waals surface area contributed by atoms with Crippen LogP contribution in [0.3, 0.4) is 0 Å². The average molecular weight is 192 g/mol. The van der Waals surface area contributed by atoms with Crippen molar-refractivity contribution in [2.24, 2.45) is 5.73 Å². The topological polar surface area (TPSA) is 72.5 Å². The Balaban J connectivity index is 3.16. The van der Waals surface area contributed by atoms with Crippen LogP contribution in [-0.4, -0.2) is 11.5 Å². The van der Waals surface area contributed by atoms with Crippen molar-refractivity contribution in [1.29, 1.82) is 0 Å². The van der Waals surface area contributed by atoms with Gasteiger partial charge in [0, 0.05) is 4.57 Å². The van der Waals surface area contributed by atoms with E-state index in [1.807, 2.05) is 6.92 Å². The van der Waals surface area contributed by atoms with Crippen molar-refractivity contribution < 1.29 is 14.0 Å². The van der Waals surface area contributed by atoms with Crippen LogP contribution in [0.2, 0.25) is 0 Å². The maximum absolute atomic E-state index is 10.0. The van der Waals surface area contributed by atoms with Crippen LogP contribution in [0.4, 0.5) is 0 Å². The molecule has 0 aromatic carbocycles. The fourth-order valence-electron chi connectivity index (χ4n) is 0.732. The minimum Gasteiger partial charge on any atom is -0.405 e. The number of allylic oxidation sites excluding steroid dienone is 1. The molecule has 70 valence electrons. The Kier molecular flexibility index (Phi) is 6.96. The first-order valence-electron chi connectivity index (χ1n) is 3.83. The number of nitrogens with two attached hydrogens (primary N) is 1. The minimum absolute atomic E-state index is 0.337. The van der Waals surface area contributed by atoms with E-state index in [1.165, 1.54) is 0 Å². The third-order valence-corrected chi connectivity index (χ3v) is 1.86. The van der Waals surface area contributed by atoms with Crippen molar-refractivity contribution in [2.45, 2.75) is 26.2 Å². The molecule has 0 heterocycles. The molecule has 0 aliphatic rings. The average Bonchev–Trinajstić information content (AvgIpc) is 2.03. The van der Waals surface area contributed by atoms with Crippen LogP contribution in [0.15, 0.2) is 11.8 Å². The zero-order valence-corrected chi connectivity index (χ0v) is 8.09. The molecule has 0 radical (unpaired) electrons. The maximum Gasteiger partial charge on any atom is 0.694 e. The van der Waals surface area contributed by atoms with Gasteiger partial charge in [-0.2, -0.15) is 0 Å². The summed E-state index contributed by atoms with van der Waals surface area (Å²) < 4.78 is 14.5. The summed E-state index contributed by atoms with van der Waals surface area (Å²) in [5, 5.41) is 0. The van der Waals surface area contributed by atoms with E-state index in [-0.39, 0.29) is 0 Å². The molecule has 3 N–H and O–H groups in total. The van der Waals surface area contributed by atoms with Crippen LogP contribution < -0.4 is 5.73 Å². The molecule has 12 heavy (non-hydrogen) atoms. The molecule has 0 aliphatic carbocycles. The van der Waals surface area contributed by atoms with Gasteiger partial charge >= 0.3 is 8.25 Å². The van der Waals surface area contributed by atoms with Crippen LogP contribution in [0.25, 0.3) is 0 Å². The lowest BCUT2D eigenvalue weighted by Crippen LogP contribution is -1.89. The largest absolute Gasteiger partial charge is 0.694 e. The molecule has 0 saturated carbocycles. The molecular formula is C7H15NO3P+. The molecule has 0 spiro atoms. The van der Waals surface area contributed by atoms with Crippen molar-refractivity contribution >= 4 is 8.25 Å². The third-order valence-electron chi connectivity index (χ3n) is 1.45. The van der Waals surface area contributed by atoms with Gasteiger partial charge in [-0.1, -0.05) is 5.57 Å². The van der Waals surface area contributed by atoms with E-state index < -0.39 is 8.25 Å². The van der Waals surface area contributed by atoms with Crippen LogP contribution in [-0.2, 0) is 9.09 Å². The van der Waals surface area contributed by atoms with Crippen LogP contribution in [0.1, 0.15) is 26.2 Å². The second-order valence-corrected chi connectivity index (χ2v) is 3.28. The lowest BCUT2D eigenvalue weighted by atomic mass is 10.1. The van der Waals surface area contributed by atoms with Crippen molar-refractivity contribution in [3.8, 4) is 0 Å². The van der Waals surface area contributed by atoms with Crippen LogP contribution in [0, 0.1) is 0 Å². The maximum atomic E-state index is 10.0. The van der Waals surface area contributed by atoms with E-state index in [9.17, 15) is 4.57 Å². The lowest BCUT2D eigenvalue weighted by molar-refractivity contribution is 0.275. The second-order valence-electron chi connectivity index (χ2n) is 2.54. The van der Waals surface area contributed by atoms with E-state index >= 15 is 0 Å². The lowest BCUT2D eigenvalue weighted by Gasteiger charge is -1.96. The van der Waals surface area contributed by atoms with Gasteiger partial charge in [-0.15, -0.1) is 9.42 Å². The first-order chi connectivity index (χ1) is 5.66. The van der Waals surface area contributed by atoms with Gasteiger partial charge in [0.05, 0.1) is 0 Å². The summed E-state index contributed by atoms with van der Waals surface area (Å²) in [6.45, 7) is 2.29. The molecule has 1 unspecified atom stereocenters. The Morgan fingerprint density at radius 2 is 2.33 bits per heavy atom.